The number of alkyl halides is 1. The SMILES string of the molecule is ClCC12CCCCC1NCC2. The minimum atomic E-state index is 0.486. The topological polar surface area (TPSA) is 12.0 Å². The Morgan fingerprint density at radius 3 is 3.00 bits per heavy atom. The predicted octanol–water partition coefficient (Wildman–Crippen LogP) is 2.15. The highest BCUT2D eigenvalue weighted by Gasteiger charge is 2.43. The van der Waals surface area contributed by atoms with Gasteiger partial charge in [-0.05, 0) is 25.8 Å². The van der Waals surface area contributed by atoms with Gasteiger partial charge in [0.1, 0.15) is 0 Å². The fourth-order valence-corrected chi connectivity index (χ4v) is 3.10. The van der Waals surface area contributed by atoms with Crippen molar-refractivity contribution in [3.8, 4) is 0 Å². The lowest BCUT2D eigenvalue weighted by Gasteiger charge is -2.37. The Morgan fingerprint density at radius 1 is 1.36 bits per heavy atom. The molecule has 2 heteroatoms. The van der Waals surface area contributed by atoms with Crippen LogP contribution in [0, 0.1) is 5.41 Å². The van der Waals surface area contributed by atoms with Gasteiger partial charge in [0, 0.05) is 17.3 Å². The summed E-state index contributed by atoms with van der Waals surface area (Å²) >= 11 is 6.03. The van der Waals surface area contributed by atoms with Gasteiger partial charge in [-0.25, -0.2) is 0 Å². The van der Waals surface area contributed by atoms with Crippen molar-refractivity contribution in [2.45, 2.75) is 38.1 Å². The lowest BCUT2D eigenvalue weighted by molar-refractivity contribution is 0.202. The number of rotatable bonds is 1. The minimum Gasteiger partial charge on any atom is -0.313 e. The van der Waals surface area contributed by atoms with Crippen LogP contribution in [-0.2, 0) is 0 Å². The van der Waals surface area contributed by atoms with E-state index in [9.17, 15) is 0 Å². The molecule has 1 N–H and O–H groups in total. The second kappa shape index (κ2) is 2.95. The number of hydrogen-bond acceptors (Lipinski definition) is 1. The van der Waals surface area contributed by atoms with E-state index >= 15 is 0 Å². The van der Waals surface area contributed by atoms with Gasteiger partial charge in [-0.2, -0.15) is 0 Å². The zero-order chi connectivity index (χ0) is 7.73. The number of fused-ring (bicyclic) bond motifs is 1. The molecular formula is C9H16ClN. The molecule has 1 saturated carbocycles. The Labute approximate surface area is 73.5 Å². The van der Waals surface area contributed by atoms with Crippen molar-refractivity contribution in [1.29, 1.82) is 0 Å². The monoisotopic (exact) mass is 173 g/mol. The Morgan fingerprint density at radius 2 is 2.27 bits per heavy atom. The summed E-state index contributed by atoms with van der Waals surface area (Å²) in [5, 5.41) is 3.57. The van der Waals surface area contributed by atoms with Crippen LogP contribution in [0.4, 0.5) is 0 Å². The molecule has 0 bridgehead atoms. The van der Waals surface area contributed by atoms with E-state index in [1.807, 2.05) is 0 Å². The lowest BCUT2D eigenvalue weighted by atomic mass is 9.72. The summed E-state index contributed by atoms with van der Waals surface area (Å²) in [5.74, 6) is 0.866. The van der Waals surface area contributed by atoms with Crippen LogP contribution in [0.3, 0.4) is 0 Å². The second-order valence-corrected chi connectivity index (χ2v) is 4.27. The Bertz CT molecular complexity index is 148. The summed E-state index contributed by atoms with van der Waals surface area (Å²) < 4.78 is 0. The van der Waals surface area contributed by atoms with Gasteiger partial charge in [0.15, 0.2) is 0 Å². The third kappa shape index (κ3) is 1.19. The minimum absolute atomic E-state index is 0.486. The fourth-order valence-electron chi connectivity index (χ4n) is 2.65. The first kappa shape index (κ1) is 7.88. The standard InChI is InChI=1S/C9H16ClN/c10-7-9-4-2-1-3-8(9)11-6-5-9/h8,11H,1-7H2. The van der Waals surface area contributed by atoms with Gasteiger partial charge in [-0.1, -0.05) is 12.8 Å². The van der Waals surface area contributed by atoms with Crippen LogP contribution in [0.25, 0.3) is 0 Å². The van der Waals surface area contributed by atoms with Crippen molar-refractivity contribution in [3.05, 3.63) is 0 Å². The molecule has 2 rings (SSSR count). The van der Waals surface area contributed by atoms with E-state index < -0.39 is 0 Å². The predicted molar refractivity (Wildman–Crippen MR) is 48.0 cm³/mol. The maximum atomic E-state index is 6.03. The van der Waals surface area contributed by atoms with E-state index in [4.69, 9.17) is 11.6 Å². The highest BCUT2D eigenvalue weighted by atomic mass is 35.5. The maximum absolute atomic E-state index is 6.03. The highest BCUT2D eigenvalue weighted by Crippen LogP contribution is 2.43. The van der Waals surface area contributed by atoms with Crippen LogP contribution in [-0.4, -0.2) is 18.5 Å². The largest absolute Gasteiger partial charge is 0.313 e. The second-order valence-electron chi connectivity index (χ2n) is 4.00. The number of hydrogen-bond donors (Lipinski definition) is 1. The quantitative estimate of drug-likeness (QED) is 0.600. The lowest BCUT2D eigenvalue weighted by Crippen LogP contribution is -2.40. The van der Waals surface area contributed by atoms with Gasteiger partial charge in [-0.3, -0.25) is 0 Å². The van der Waals surface area contributed by atoms with Crippen molar-refractivity contribution in [2.75, 3.05) is 12.4 Å². The molecule has 2 aliphatic rings. The van der Waals surface area contributed by atoms with Crippen LogP contribution in [0.15, 0.2) is 0 Å². The van der Waals surface area contributed by atoms with E-state index in [0.717, 1.165) is 11.9 Å². The molecule has 0 aromatic carbocycles. The van der Waals surface area contributed by atoms with Crippen molar-refractivity contribution in [1.82, 2.24) is 5.32 Å². The first-order valence-corrected chi connectivity index (χ1v) is 5.20. The van der Waals surface area contributed by atoms with E-state index in [1.165, 1.54) is 38.6 Å². The first-order chi connectivity index (χ1) is 5.37. The van der Waals surface area contributed by atoms with Gasteiger partial charge >= 0.3 is 0 Å². The van der Waals surface area contributed by atoms with E-state index in [-0.39, 0.29) is 0 Å². The maximum Gasteiger partial charge on any atom is 0.0295 e. The molecule has 1 aliphatic heterocycles. The molecule has 2 fully saturated rings. The number of halogens is 1. The average molecular weight is 174 g/mol. The molecule has 2 atom stereocenters. The van der Waals surface area contributed by atoms with E-state index in [1.54, 1.807) is 0 Å². The van der Waals surface area contributed by atoms with Gasteiger partial charge in [0.2, 0.25) is 0 Å². The van der Waals surface area contributed by atoms with Gasteiger partial charge in [0.05, 0.1) is 0 Å². The molecule has 0 radical (unpaired) electrons. The van der Waals surface area contributed by atoms with Crippen molar-refractivity contribution in [2.24, 2.45) is 5.41 Å². The molecule has 64 valence electrons. The molecular weight excluding hydrogens is 158 g/mol. The first-order valence-electron chi connectivity index (χ1n) is 4.67. The molecule has 2 unspecified atom stereocenters. The van der Waals surface area contributed by atoms with Crippen LogP contribution in [0.2, 0.25) is 0 Å². The molecule has 11 heavy (non-hydrogen) atoms. The van der Waals surface area contributed by atoms with Gasteiger partial charge in [-0.15, -0.1) is 11.6 Å². The van der Waals surface area contributed by atoms with Crippen LogP contribution in [0.1, 0.15) is 32.1 Å². The third-order valence-electron chi connectivity index (χ3n) is 3.44. The summed E-state index contributed by atoms with van der Waals surface area (Å²) in [4.78, 5) is 0. The van der Waals surface area contributed by atoms with Crippen molar-refractivity contribution < 1.29 is 0 Å². The Hall–Kier alpha value is 0.250. The Kier molecular flexibility index (Phi) is 2.11. The molecule has 0 aromatic heterocycles. The summed E-state index contributed by atoms with van der Waals surface area (Å²) in [5.41, 5.74) is 0.486. The molecule has 1 heterocycles. The van der Waals surface area contributed by atoms with E-state index in [2.05, 4.69) is 5.32 Å². The molecule has 0 aromatic rings. The average Bonchev–Trinajstić information content (AvgIpc) is 2.48. The van der Waals surface area contributed by atoms with Crippen LogP contribution in [0.5, 0.6) is 0 Å². The zero-order valence-electron chi connectivity index (χ0n) is 6.91. The summed E-state index contributed by atoms with van der Waals surface area (Å²) in [6.45, 7) is 1.19. The van der Waals surface area contributed by atoms with E-state index in [0.29, 0.717) is 5.41 Å². The van der Waals surface area contributed by atoms with Crippen molar-refractivity contribution >= 4 is 11.6 Å². The molecule has 1 nitrogen and oxygen atoms in total. The smallest absolute Gasteiger partial charge is 0.0295 e. The van der Waals surface area contributed by atoms with Gasteiger partial charge in [0.25, 0.3) is 0 Å². The summed E-state index contributed by atoms with van der Waals surface area (Å²) in [6, 6.07) is 0.744. The van der Waals surface area contributed by atoms with Crippen LogP contribution < -0.4 is 5.32 Å². The third-order valence-corrected chi connectivity index (χ3v) is 3.97. The van der Waals surface area contributed by atoms with Gasteiger partial charge < -0.3 is 5.32 Å². The highest BCUT2D eigenvalue weighted by molar-refractivity contribution is 6.18. The Balaban J connectivity index is 2.12. The molecule has 1 aliphatic carbocycles. The molecule has 1 saturated heterocycles. The fraction of sp³-hybridized carbons (Fsp3) is 1.00. The van der Waals surface area contributed by atoms with Crippen molar-refractivity contribution in [3.63, 3.8) is 0 Å². The van der Waals surface area contributed by atoms with Crippen LogP contribution >= 0.6 is 11.6 Å². The molecule has 0 amide bonds. The normalized spacial score (nSPS) is 43.9. The summed E-state index contributed by atoms with van der Waals surface area (Å²) in [7, 11) is 0. The zero-order valence-corrected chi connectivity index (χ0v) is 7.66. The summed E-state index contributed by atoms with van der Waals surface area (Å²) in [6.07, 6.45) is 6.81. The molecule has 0 spiro atoms. The number of nitrogens with one attached hydrogen (secondary N) is 1.